The van der Waals surface area contributed by atoms with Crippen LogP contribution in [0.3, 0.4) is 0 Å². The molecule has 2 nitrogen and oxygen atoms in total. The van der Waals surface area contributed by atoms with Crippen molar-refractivity contribution in [2.24, 2.45) is 11.1 Å². The van der Waals surface area contributed by atoms with Crippen LogP contribution in [-0.4, -0.2) is 13.1 Å². The van der Waals surface area contributed by atoms with E-state index in [0.717, 1.165) is 24.0 Å². The lowest BCUT2D eigenvalue weighted by atomic mass is 9.83. The van der Waals surface area contributed by atoms with Crippen molar-refractivity contribution in [3.63, 3.8) is 0 Å². The fourth-order valence-corrected chi connectivity index (χ4v) is 3.05. The van der Waals surface area contributed by atoms with Crippen LogP contribution in [-0.2, 0) is 6.54 Å². The Hall–Kier alpha value is -0.800. The molecule has 0 amide bonds. The summed E-state index contributed by atoms with van der Waals surface area (Å²) < 4.78 is 1.11. The Kier molecular flexibility index (Phi) is 4.36. The average Bonchev–Trinajstić information content (AvgIpc) is 2.37. The molecule has 0 bridgehead atoms. The summed E-state index contributed by atoms with van der Waals surface area (Å²) in [6, 6.07) is 6.46. The highest BCUT2D eigenvalue weighted by Crippen LogP contribution is 2.32. The molecule has 2 rings (SSSR count). The Balaban J connectivity index is 2.18. The first-order valence-electron chi connectivity index (χ1n) is 6.84. The van der Waals surface area contributed by atoms with Gasteiger partial charge in [0.15, 0.2) is 0 Å². The molecule has 3 heteroatoms. The van der Waals surface area contributed by atoms with E-state index in [9.17, 15) is 0 Å². The van der Waals surface area contributed by atoms with Gasteiger partial charge < -0.3 is 10.6 Å². The molecule has 1 aromatic rings. The van der Waals surface area contributed by atoms with Crippen LogP contribution in [0.4, 0.5) is 5.69 Å². The second-order valence-electron chi connectivity index (χ2n) is 6.20. The van der Waals surface area contributed by atoms with Gasteiger partial charge in [0.2, 0.25) is 0 Å². The summed E-state index contributed by atoms with van der Waals surface area (Å²) in [6.07, 6.45) is 3.53. The first kappa shape index (κ1) is 14.6. The van der Waals surface area contributed by atoms with Gasteiger partial charge in [-0.2, -0.15) is 0 Å². The molecule has 2 N–H and O–H groups in total. The molecule has 0 aromatic heterocycles. The summed E-state index contributed by atoms with van der Waals surface area (Å²) in [5.41, 5.74) is 10.0. The van der Waals surface area contributed by atoms with E-state index in [1.165, 1.54) is 11.3 Å². The smallest absolute Gasteiger partial charge is 0.0383 e. The highest BCUT2D eigenvalue weighted by Gasteiger charge is 2.21. The molecule has 1 aromatic carbocycles. The van der Waals surface area contributed by atoms with E-state index >= 15 is 0 Å². The molecule has 0 fully saturated rings. The third-order valence-corrected chi connectivity index (χ3v) is 4.17. The van der Waals surface area contributed by atoms with Crippen molar-refractivity contribution in [3.8, 4) is 0 Å². The van der Waals surface area contributed by atoms with Gasteiger partial charge in [0.1, 0.15) is 0 Å². The van der Waals surface area contributed by atoms with Crippen molar-refractivity contribution in [2.75, 3.05) is 18.0 Å². The number of hydrogen-bond acceptors (Lipinski definition) is 2. The Labute approximate surface area is 124 Å². The highest BCUT2D eigenvalue weighted by molar-refractivity contribution is 9.10. The topological polar surface area (TPSA) is 29.3 Å². The largest absolute Gasteiger partial charge is 0.367 e. The summed E-state index contributed by atoms with van der Waals surface area (Å²) in [4.78, 5) is 2.42. The van der Waals surface area contributed by atoms with E-state index in [0.29, 0.717) is 12.0 Å². The van der Waals surface area contributed by atoms with Gasteiger partial charge in [-0.1, -0.05) is 48.4 Å². The van der Waals surface area contributed by atoms with Crippen molar-refractivity contribution in [3.05, 3.63) is 39.9 Å². The molecule has 0 atom stereocenters. The molecular weight excluding hydrogens is 300 g/mol. The fraction of sp³-hybridized carbons (Fsp3) is 0.500. The number of anilines is 1. The minimum Gasteiger partial charge on any atom is -0.367 e. The van der Waals surface area contributed by atoms with Crippen LogP contribution in [0.2, 0.25) is 0 Å². The van der Waals surface area contributed by atoms with Crippen LogP contribution in [0.15, 0.2) is 34.3 Å². The monoisotopic (exact) mass is 322 g/mol. The molecule has 0 aliphatic carbocycles. The van der Waals surface area contributed by atoms with Crippen LogP contribution in [0, 0.1) is 5.41 Å². The van der Waals surface area contributed by atoms with E-state index < -0.39 is 0 Å². The maximum absolute atomic E-state index is 5.75. The molecule has 0 unspecified atom stereocenters. The lowest BCUT2D eigenvalue weighted by Gasteiger charge is -2.33. The van der Waals surface area contributed by atoms with Crippen molar-refractivity contribution >= 4 is 21.6 Å². The maximum Gasteiger partial charge on any atom is 0.0383 e. The first-order chi connectivity index (χ1) is 8.90. The third-order valence-electron chi connectivity index (χ3n) is 3.72. The van der Waals surface area contributed by atoms with E-state index in [1.54, 1.807) is 5.57 Å². The second-order valence-corrected chi connectivity index (χ2v) is 7.11. The summed E-state index contributed by atoms with van der Waals surface area (Å²) in [7, 11) is 0. The number of halogens is 1. The summed E-state index contributed by atoms with van der Waals surface area (Å²) in [5, 5.41) is 0. The van der Waals surface area contributed by atoms with Gasteiger partial charge in [-0.25, -0.2) is 0 Å². The standard InChI is InChI=1S/C16H23BrN2/c1-16(2,3)13-4-6-19(7-5-13)15-9-12(11-18)8-14(17)10-15/h4,8-10H,5-7,11,18H2,1-3H3. The molecule has 0 saturated heterocycles. The number of rotatable bonds is 2. The third kappa shape index (κ3) is 3.61. The predicted molar refractivity (Wildman–Crippen MR) is 86.4 cm³/mol. The molecule has 0 saturated carbocycles. The molecular formula is C16H23BrN2. The highest BCUT2D eigenvalue weighted by atomic mass is 79.9. The molecule has 0 spiro atoms. The number of hydrogen-bond donors (Lipinski definition) is 1. The molecule has 1 heterocycles. The van der Waals surface area contributed by atoms with Crippen LogP contribution >= 0.6 is 15.9 Å². The van der Waals surface area contributed by atoms with Crippen molar-refractivity contribution in [1.82, 2.24) is 0 Å². The van der Waals surface area contributed by atoms with E-state index in [4.69, 9.17) is 5.73 Å². The Morgan fingerprint density at radius 2 is 2.00 bits per heavy atom. The molecule has 19 heavy (non-hydrogen) atoms. The minimum atomic E-state index is 0.297. The van der Waals surface area contributed by atoms with Crippen LogP contribution in [0.5, 0.6) is 0 Å². The van der Waals surface area contributed by atoms with Crippen LogP contribution in [0.1, 0.15) is 32.8 Å². The van der Waals surface area contributed by atoms with Gasteiger partial charge in [0.05, 0.1) is 0 Å². The maximum atomic E-state index is 5.75. The molecule has 1 aliphatic rings. The average molecular weight is 323 g/mol. The summed E-state index contributed by atoms with van der Waals surface area (Å²) in [5.74, 6) is 0. The summed E-state index contributed by atoms with van der Waals surface area (Å²) in [6.45, 7) is 9.54. The lowest BCUT2D eigenvalue weighted by molar-refractivity contribution is 0.472. The zero-order chi connectivity index (χ0) is 14.0. The molecule has 1 aliphatic heterocycles. The number of nitrogens with zero attached hydrogens (tertiary/aromatic N) is 1. The first-order valence-corrected chi connectivity index (χ1v) is 7.63. The normalized spacial score (nSPS) is 16.5. The van der Waals surface area contributed by atoms with Crippen molar-refractivity contribution in [1.29, 1.82) is 0 Å². The van der Waals surface area contributed by atoms with Gasteiger partial charge in [-0.3, -0.25) is 0 Å². The predicted octanol–water partition coefficient (Wildman–Crippen LogP) is 4.09. The van der Waals surface area contributed by atoms with Gasteiger partial charge in [-0.05, 0) is 35.6 Å². The Bertz CT molecular complexity index is 486. The minimum absolute atomic E-state index is 0.297. The van der Waals surface area contributed by atoms with Gasteiger partial charge >= 0.3 is 0 Å². The second kappa shape index (κ2) is 5.68. The Morgan fingerprint density at radius 3 is 2.53 bits per heavy atom. The van der Waals surface area contributed by atoms with Crippen LogP contribution < -0.4 is 10.6 Å². The molecule has 0 radical (unpaired) electrons. The van der Waals surface area contributed by atoms with Crippen LogP contribution in [0.25, 0.3) is 0 Å². The number of nitrogens with two attached hydrogens (primary N) is 1. The summed E-state index contributed by atoms with van der Waals surface area (Å²) >= 11 is 3.57. The van der Waals surface area contributed by atoms with Gasteiger partial charge in [0.25, 0.3) is 0 Å². The lowest BCUT2D eigenvalue weighted by Crippen LogP contribution is -2.31. The zero-order valence-corrected chi connectivity index (χ0v) is 13.6. The van der Waals surface area contributed by atoms with Crippen molar-refractivity contribution < 1.29 is 0 Å². The SMILES string of the molecule is CC(C)(C)C1=CCN(c2cc(Br)cc(CN)c2)CC1. The van der Waals surface area contributed by atoms with Crippen molar-refractivity contribution in [2.45, 2.75) is 33.7 Å². The molecule has 104 valence electrons. The Morgan fingerprint density at radius 1 is 1.26 bits per heavy atom. The quantitative estimate of drug-likeness (QED) is 0.831. The fourth-order valence-electron chi connectivity index (χ4n) is 2.52. The zero-order valence-electron chi connectivity index (χ0n) is 12.0. The number of benzene rings is 1. The van der Waals surface area contributed by atoms with Gasteiger partial charge in [-0.15, -0.1) is 0 Å². The van der Waals surface area contributed by atoms with E-state index in [1.807, 2.05) is 0 Å². The van der Waals surface area contributed by atoms with E-state index in [2.05, 4.69) is 65.9 Å². The van der Waals surface area contributed by atoms with E-state index in [-0.39, 0.29) is 0 Å². The van der Waals surface area contributed by atoms with Gasteiger partial charge in [0, 0.05) is 29.8 Å².